The van der Waals surface area contributed by atoms with E-state index in [0.29, 0.717) is 17.1 Å². The van der Waals surface area contributed by atoms with Crippen molar-refractivity contribution in [2.24, 2.45) is 0 Å². The van der Waals surface area contributed by atoms with Gasteiger partial charge in [0.05, 0.1) is 0 Å². The quantitative estimate of drug-likeness (QED) is 0.441. The Hall–Kier alpha value is -4.07. The molecule has 2 aromatic carbocycles. The van der Waals surface area contributed by atoms with Gasteiger partial charge in [-0.2, -0.15) is 0 Å². The van der Waals surface area contributed by atoms with Crippen LogP contribution in [-0.4, -0.2) is 24.3 Å². The molecule has 178 valence electrons. The highest BCUT2D eigenvalue weighted by Gasteiger charge is 2.15. The van der Waals surface area contributed by atoms with Gasteiger partial charge in [0.1, 0.15) is 18.1 Å². The number of para-hydroxylation sites is 1. The Bertz CT molecular complexity index is 1120. The summed E-state index contributed by atoms with van der Waals surface area (Å²) in [4.78, 5) is 36.4. The van der Waals surface area contributed by atoms with Gasteiger partial charge in [-0.1, -0.05) is 51.1 Å². The van der Waals surface area contributed by atoms with Crippen molar-refractivity contribution < 1.29 is 23.5 Å². The van der Waals surface area contributed by atoms with Crippen LogP contribution in [0.5, 0.6) is 5.75 Å². The van der Waals surface area contributed by atoms with Gasteiger partial charge in [-0.25, -0.2) is 0 Å². The molecule has 3 N–H and O–H groups in total. The molecular weight excluding hydrogens is 434 g/mol. The number of benzene rings is 2. The van der Waals surface area contributed by atoms with Crippen molar-refractivity contribution in [3.05, 3.63) is 89.4 Å². The zero-order chi connectivity index (χ0) is 24.6. The Morgan fingerprint density at radius 2 is 1.56 bits per heavy atom. The van der Waals surface area contributed by atoms with E-state index < -0.39 is 11.8 Å². The molecule has 8 heteroatoms. The average molecular weight is 464 g/mol. The number of nitrogens with one attached hydrogen (secondary N) is 3. The van der Waals surface area contributed by atoms with E-state index in [2.05, 4.69) is 36.9 Å². The van der Waals surface area contributed by atoms with Crippen molar-refractivity contribution in [2.45, 2.75) is 39.2 Å². The van der Waals surface area contributed by atoms with Gasteiger partial charge in [0.25, 0.3) is 5.91 Å². The second kappa shape index (κ2) is 11.2. The summed E-state index contributed by atoms with van der Waals surface area (Å²) in [7, 11) is 0. The zero-order valence-electron chi connectivity index (χ0n) is 19.5. The Morgan fingerprint density at radius 1 is 0.853 bits per heavy atom. The smallest absolute Gasteiger partial charge is 0.305 e. The maximum absolute atomic E-state index is 12.2. The van der Waals surface area contributed by atoms with Crippen LogP contribution in [0.3, 0.4) is 0 Å². The van der Waals surface area contributed by atoms with Gasteiger partial charge in [0.2, 0.25) is 5.91 Å². The highest BCUT2D eigenvalue weighted by Crippen LogP contribution is 2.22. The average Bonchev–Trinajstić information content (AvgIpc) is 3.30. The summed E-state index contributed by atoms with van der Waals surface area (Å²) >= 11 is 0. The lowest BCUT2D eigenvalue weighted by molar-refractivity contribution is -0.121. The molecule has 0 bridgehead atoms. The van der Waals surface area contributed by atoms with Gasteiger partial charge in [-0.15, -0.1) is 0 Å². The summed E-state index contributed by atoms with van der Waals surface area (Å²) in [6.45, 7) is 6.60. The van der Waals surface area contributed by atoms with Gasteiger partial charge in [-0.05, 0) is 47.4 Å². The van der Waals surface area contributed by atoms with Crippen LogP contribution in [0.1, 0.15) is 59.4 Å². The van der Waals surface area contributed by atoms with E-state index in [1.165, 1.54) is 6.07 Å². The highest BCUT2D eigenvalue weighted by molar-refractivity contribution is 5.95. The Morgan fingerprint density at radius 3 is 2.24 bits per heavy atom. The zero-order valence-corrected chi connectivity index (χ0v) is 19.5. The monoisotopic (exact) mass is 463 g/mol. The summed E-state index contributed by atoms with van der Waals surface area (Å²) in [6.07, 6.45) is 0.000412. The number of rotatable bonds is 8. The van der Waals surface area contributed by atoms with Crippen molar-refractivity contribution in [1.82, 2.24) is 16.2 Å². The molecule has 3 rings (SSSR count). The topological polar surface area (TPSA) is 110 Å². The molecule has 3 aromatic rings. The van der Waals surface area contributed by atoms with Gasteiger partial charge in [0, 0.05) is 18.5 Å². The maximum atomic E-state index is 12.2. The number of hydrogen-bond acceptors (Lipinski definition) is 5. The third kappa shape index (κ3) is 7.23. The summed E-state index contributed by atoms with van der Waals surface area (Å²) in [5, 5.41) is 2.69. The molecule has 34 heavy (non-hydrogen) atoms. The third-order valence-corrected chi connectivity index (χ3v) is 4.98. The molecule has 0 aliphatic rings. The molecule has 0 spiro atoms. The van der Waals surface area contributed by atoms with E-state index >= 15 is 0 Å². The van der Waals surface area contributed by atoms with Gasteiger partial charge in [-0.3, -0.25) is 25.2 Å². The fourth-order valence-corrected chi connectivity index (χ4v) is 3.01. The van der Waals surface area contributed by atoms with Crippen LogP contribution in [-0.2, 0) is 16.8 Å². The molecule has 0 aliphatic heterocycles. The number of carbonyl (C=O) groups excluding carboxylic acids is 3. The largest absolute Gasteiger partial charge is 0.486 e. The molecule has 0 radical (unpaired) electrons. The first kappa shape index (κ1) is 24.6. The van der Waals surface area contributed by atoms with Gasteiger partial charge < -0.3 is 14.5 Å². The molecule has 3 amide bonds. The number of furan rings is 1. The Balaban J connectivity index is 1.36. The first-order valence-corrected chi connectivity index (χ1v) is 11.0. The normalized spacial score (nSPS) is 10.9. The van der Waals surface area contributed by atoms with Crippen LogP contribution >= 0.6 is 0 Å². The van der Waals surface area contributed by atoms with Crippen LogP contribution in [0.4, 0.5) is 0 Å². The third-order valence-electron chi connectivity index (χ3n) is 4.98. The summed E-state index contributed by atoms with van der Waals surface area (Å²) < 4.78 is 11.0. The molecular formula is C26H29N3O5. The van der Waals surface area contributed by atoms with E-state index in [4.69, 9.17) is 9.15 Å². The molecule has 1 heterocycles. The van der Waals surface area contributed by atoms with E-state index in [-0.39, 0.29) is 36.7 Å². The minimum Gasteiger partial charge on any atom is -0.486 e. The number of carbonyl (C=O) groups is 3. The second-order valence-electron chi connectivity index (χ2n) is 8.70. The lowest BCUT2D eigenvalue weighted by atomic mass is 9.87. The predicted octanol–water partition coefficient (Wildman–Crippen LogP) is 3.74. The summed E-state index contributed by atoms with van der Waals surface area (Å²) in [5.41, 5.74) is 6.25. The van der Waals surface area contributed by atoms with Crippen molar-refractivity contribution in [3.63, 3.8) is 0 Å². The lowest BCUT2D eigenvalue weighted by Gasteiger charge is -2.19. The van der Waals surface area contributed by atoms with Crippen LogP contribution in [0.15, 0.2) is 71.1 Å². The SMILES string of the molecule is CC(C)(C)c1ccc(C(=O)NCCC(=O)NNC(=O)c2ccc(COc3ccccc3)o2)cc1. The standard InChI is InChI=1S/C26H29N3O5/c1-26(2,3)19-11-9-18(10-12-19)24(31)27-16-15-23(30)28-29-25(32)22-14-13-21(34-22)17-33-20-7-5-4-6-8-20/h4-14H,15-17H2,1-3H3,(H,27,31)(H,28,30)(H,29,32). The van der Waals surface area contributed by atoms with Crippen LogP contribution in [0, 0.1) is 0 Å². The summed E-state index contributed by atoms with van der Waals surface area (Å²) in [6, 6.07) is 19.7. The van der Waals surface area contributed by atoms with Crippen LogP contribution in [0.2, 0.25) is 0 Å². The van der Waals surface area contributed by atoms with Crippen LogP contribution < -0.4 is 20.9 Å². The minimum atomic E-state index is -0.595. The lowest BCUT2D eigenvalue weighted by Crippen LogP contribution is -2.42. The molecule has 0 saturated heterocycles. The molecule has 1 aromatic heterocycles. The van der Waals surface area contributed by atoms with Gasteiger partial charge >= 0.3 is 5.91 Å². The molecule has 0 unspecified atom stereocenters. The number of amides is 3. The first-order chi connectivity index (χ1) is 16.2. The van der Waals surface area contributed by atoms with Crippen molar-refractivity contribution in [2.75, 3.05) is 6.54 Å². The molecule has 0 fully saturated rings. The predicted molar refractivity (Wildman–Crippen MR) is 127 cm³/mol. The van der Waals surface area contributed by atoms with E-state index in [1.807, 2.05) is 42.5 Å². The first-order valence-electron chi connectivity index (χ1n) is 11.0. The van der Waals surface area contributed by atoms with Crippen molar-refractivity contribution in [1.29, 1.82) is 0 Å². The number of ether oxygens (including phenoxy) is 1. The molecule has 8 nitrogen and oxygen atoms in total. The van der Waals surface area contributed by atoms with Gasteiger partial charge in [0.15, 0.2) is 5.76 Å². The van der Waals surface area contributed by atoms with E-state index in [0.717, 1.165) is 5.56 Å². The number of hydrazine groups is 1. The minimum absolute atomic E-state index is 0.000412. The van der Waals surface area contributed by atoms with E-state index in [9.17, 15) is 14.4 Å². The Kier molecular flexibility index (Phi) is 8.08. The maximum Gasteiger partial charge on any atom is 0.305 e. The van der Waals surface area contributed by atoms with Crippen LogP contribution in [0.25, 0.3) is 0 Å². The number of hydrogen-bond donors (Lipinski definition) is 3. The fraction of sp³-hybridized carbons (Fsp3) is 0.269. The van der Waals surface area contributed by atoms with Crippen molar-refractivity contribution >= 4 is 17.7 Å². The second-order valence-corrected chi connectivity index (χ2v) is 8.70. The highest BCUT2D eigenvalue weighted by atomic mass is 16.5. The molecule has 0 saturated carbocycles. The fourth-order valence-electron chi connectivity index (χ4n) is 3.01. The molecule has 0 aliphatic carbocycles. The Labute approximate surface area is 198 Å². The van der Waals surface area contributed by atoms with E-state index in [1.54, 1.807) is 18.2 Å². The van der Waals surface area contributed by atoms with Crippen molar-refractivity contribution in [3.8, 4) is 5.75 Å². The molecule has 0 atom stereocenters. The summed E-state index contributed by atoms with van der Waals surface area (Å²) in [5.74, 6) is -0.111.